The van der Waals surface area contributed by atoms with Gasteiger partial charge in [-0.3, -0.25) is 37.3 Å². The van der Waals surface area contributed by atoms with E-state index in [-0.39, 0.29) is 25.7 Å². The number of esters is 4. The molecule has 0 aromatic carbocycles. The average Bonchev–Trinajstić information content (AvgIpc) is 1.77. The highest BCUT2D eigenvalue weighted by Crippen LogP contribution is 2.45. The van der Waals surface area contributed by atoms with Crippen molar-refractivity contribution in [3.63, 3.8) is 0 Å². The van der Waals surface area contributed by atoms with Crippen LogP contribution in [0, 0.1) is 0 Å². The van der Waals surface area contributed by atoms with Gasteiger partial charge in [-0.15, -0.1) is 0 Å². The molecule has 0 aromatic rings. The lowest BCUT2D eigenvalue weighted by molar-refractivity contribution is -0.161. The van der Waals surface area contributed by atoms with Crippen LogP contribution in [-0.2, 0) is 65.4 Å². The minimum absolute atomic E-state index is 0.106. The van der Waals surface area contributed by atoms with Crippen LogP contribution in [0.25, 0.3) is 0 Å². The van der Waals surface area contributed by atoms with Crippen molar-refractivity contribution in [2.45, 2.75) is 418 Å². The maximum atomic E-state index is 13.1. The highest BCUT2D eigenvalue weighted by Gasteiger charge is 2.30. The van der Waals surface area contributed by atoms with Crippen LogP contribution in [0.4, 0.5) is 0 Å². The summed E-state index contributed by atoms with van der Waals surface area (Å²) in [7, 11) is -9.90. The summed E-state index contributed by atoms with van der Waals surface area (Å²) >= 11 is 0. The van der Waals surface area contributed by atoms with Crippen LogP contribution in [0.5, 0.6) is 0 Å². The van der Waals surface area contributed by atoms with Crippen LogP contribution in [0.1, 0.15) is 400 Å². The summed E-state index contributed by atoms with van der Waals surface area (Å²) in [6.45, 7) is 4.93. The van der Waals surface area contributed by atoms with E-state index in [1.165, 1.54) is 225 Å². The monoisotopic (exact) mass is 1380 g/mol. The molecule has 558 valence electrons. The summed E-state index contributed by atoms with van der Waals surface area (Å²) in [6.07, 6.45) is 59.9. The third-order valence-electron chi connectivity index (χ3n) is 17.6. The van der Waals surface area contributed by atoms with Crippen LogP contribution in [0.3, 0.4) is 0 Å². The summed E-state index contributed by atoms with van der Waals surface area (Å²) in [5.74, 6) is -2.12. The second kappa shape index (κ2) is 69.5. The first-order chi connectivity index (χ1) is 45.7. The number of phosphoric acid groups is 2. The molecule has 0 aliphatic carbocycles. The molecule has 94 heavy (non-hydrogen) atoms. The van der Waals surface area contributed by atoms with Crippen molar-refractivity contribution in [1.82, 2.24) is 0 Å². The predicted octanol–water partition coefficient (Wildman–Crippen LogP) is 22.2. The predicted molar refractivity (Wildman–Crippen MR) is 382 cm³/mol. The van der Waals surface area contributed by atoms with Gasteiger partial charge in [0.2, 0.25) is 0 Å². The molecular formula is C75H146O17P2. The van der Waals surface area contributed by atoms with Crippen molar-refractivity contribution >= 4 is 39.5 Å². The number of aliphatic hydroxyl groups excluding tert-OH is 1. The van der Waals surface area contributed by atoms with Crippen molar-refractivity contribution in [2.24, 2.45) is 0 Å². The van der Waals surface area contributed by atoms with Gasteiger partial charge in [-0.1, -0.05) is 349 Å². The van der Waals surface area contributed by atoms with Gasteiger partial charge in [0.05, 0.1) is 26.4 Å². The Labute approximate surface area is 575 Å². The van der Waals surface area contributed by atoms with Gasteiger partial charge in [0.15, 0.2) is 12.2 Å². The van der Waals surface area contributed by atoms with Crippen LogP contribution < -0.4 is 0 Å². The van der Waals surface area contributed by atoms with Crippen molar-refractivity contribution < 1.29 is 80.2 Å². The lowest BCUT2D eigenvalue weighted by Gasteiger charge is -2.21. The molecule has 0 amide bonds. The first-order valence-corrected chi connectivity index (χ1v) is 42.3. The van der Waals surface area contributed by atoms with Crippen molar-refractivity contribution in [3.8, 4) is 0 Å². The first kappa shape index (κ1) is 92.1. The minimum Gasteiger partial charge on any atom is -0.462 e. The fourth-order valence-corrected chi connectivity index (χ4v) is 13.2. The molecule has 3 N–H and O–H groups in total. The molecule has 0 fully saturated rings. The van der Waals surface area contributed by atoms with Crippen molar-refractivity contribution in [3.05, 3.63) is 0 Å². The summed E-state index contributed by atoms with van der Waals surface area (Å²) in [5.41, 5.74) is 0. The normalized spacial score (nSPS) is 13.9. The summed E-state index contributed by atoms with van der Waals surface area (Å²) in [5, 5.41) is 10.6. The molecule has 0 spiro atoms. The van der Waals surface area contributed by atoms with Crippen LogP contribution in [-0.4, -0.2) is 96.7 Å². The largest absolute Gasteiger partial charge is 0.472 e. The third kappa shape index (κ3) is 68.6. The molecule has 5 atom stereocenters. The summed E-state index contributed by atoms with van der Waals surface area (Å²) in [6, 6.07) is 0. The van der Waals surface area contributed by atoms with Gasteiger partial charge in [-0.2, -0.15) is 0 Å². The fourth-order valence-electron chi connectivity index (χ4n) is 11.6. The van der Waals surface area contributed by atoms with Crippen LogP contribution in [0.15, 0.2) is 0 Å². The lowest BCUT2D eigenvalue weighted by atomic mass is 10.0. The highest BCUT2D eigenvalue weighted by molar-refractivity contribution is 7.47. The Morgan fingerprint density at radius 1 is 0.255 bits per heavy atom. The Morgan fingerprint density at radius 2 is 0.426 bits per heavy atom. The van der Waals surface area contributed by atoms with Crippen molar-refractivity contribution in [1.29, 1.82) is 0 Å². The van der Waals surface area contributed by atoms with E-state index in [1.807, 2.05) is 0 Å². The van der Waals surface area contributed by atoms with Crippen LogP contribution >= 0.6 is 15.6 Å². The number of ether oxygens (including phenoxy) is 4. The Bertz CT molecular complexity index is 1790. The van der Waals surface area contributed by atoms with Gasteiger partial charge >= 0.3 is 39.5 Å². The van der Waals surface area contributed by atoms with E-state index in [0.29, 0.717) is 25.7 Å². The van der Waals surface area contributed by atoms with Gasteiger partial charge < -0.3 is 33.8 Å². The first-order valence-electron chi connectivity index (χ1n) is 39.3. The van der Waals surface area contributed by atoms with Gasteiger partial charge in [0.25, 0.3) is 0 Å². The summed E-state index contributed by atoms with van der Waals surface area (Å²) in [4.78, 5) is 72.6. The third-order valence-corrected chi connectivity index (χ3v) is 19.5. The summed E-state index contributed by atoms with van der Waals surface area (Å²) < 4.78 is 68.3. The highest BCUT2D eigenvalue weighted by atomic mass is 31.2. The molecule has 0 saturated heterocycles. The van der Waals surface area contributed by atoms with E-state index >= 15 is 0 Å². The topological polar surface area (TPSA) is 237 Å². The number of unbranched alkanes of at least 4 members (excludes halogenated alkanes) is 50. The molecule has 0 saturated carbocycles. The number of hydrogen-bond acceptors (Lipinski definition) is 15. The molecule has 19 heteroatoms. The molecule has 0 heterocycles. The number of phosphoric ester groups is 2. The van der Waals surface area contributed by atoms with E-state index in [4.69, 9.17) is 37.0 Å². The molecule has 0 aliphatic rings. The minimum atomic E-state index is -4.95. The number of hydrogen-bond donors (Lipinski definition) is 3. The number of rotatable bonds is 76. The quantitative estimate of drug-likeness (QED) is 0.0222. The van der Waals surface area contributed by atoms with E-state index in [9.17, 15) is 43.2 Å². The molecule has 0 rings (SSSR count). The Balaban J connectivity index is 5.13. The number of carbonyl (C=O) groups excluding carboxylic acids is 4. The standard InChI is InChI=1S/C75H146O17P2/c1-5-9-13-17-21-25-27-29-31-32-33-34-35-36-37-39-41-43-46-50-54-58-62-75(80)92-71(66-86-73(78)60-56-52-48-45-42-40-38-30-28-26-22-18-14-10-6-2)68-90-94(83,84)88-64-69(76)63-87-93(81,82)89-67-70(65-85-72(77)59-55-51-47-24-20-16-12-8-4)91-74(79)61-57-53-49-44-23-19-15-11-7-3/h69-71,76H,5-68H2,1-4H3,(H,81,82)(H,83,84)/t69-,70+,71+/m0/s1. The van der Waals surface area contributed by atoms with E-state index in [1.54, 1.807) is 0 Å². The zero-order valence-corrected chi connectivity index (χ0v) is 62.7. The Kier molecular flexibility index (Phi) is 68.1. The maximum Gasteiger partial charge on any atom is 0.472 e. The molecule has 0 aromatic heterocycles. The van der Waals surface area contributed by atoms with E-state index in [2.05, 4.69) is 27.7 Å². The molecule has 0 aliphatic heterocycles. The maximum absolute atomic E-state index is 13.1. The molecular weight excluding hydrogens is 1230 g/mol. The van der Waals surface area contributed by atoms with Crippen LogP contribution in [0.2, 0.25) is 0 Å². The van der Waals surface area contributed by atoms with Gasteiger partial charge in [-0.25, -0.2) is 9.13 Å². The zero-order valence-electron chi connectivity index (χ0n) is 60.9. The van der Waals surface area contributed by atoms with Crippen molar-refractivity contribution in [2.75, 3.05) is 39.6 Å². The van der Waals surface area contributed by atoms with E-state index in [0.717, 1.165) is 96.3 Å². The Hall–Kier alpha value is -1.94. The number of aliphatic hydroxyl groups is 1. The van der Waals surface area contributed by atoms with Gasteiger partial charge in [-0.05, 0) is 25.7 Å². The second-order valence-electron chi connectivity index (χ2n) is 27.0. The SMILES string of the molecule is CCCCCCCCCCCCCCCCCCCCCCCCC(=O)O[C@H](COC(=O)CCCCCCCCCCCCCCCCC)COP(=O)(O)OC[C@@H](O)COP(=O)(O)OC[C@@H](COC(=O)CCCCCCCCCC)OC(=O)CCCCCCCCCCC. The Morgan fingerprint density at radius 3 is 0.628 bits per heavy atom. The average molecular weight is 1380 g/mol. The second-order valence-corrected chi connectivity index (χ2v) is 29.9. The molecule has 0 bridgehead atoms. The molecule has 17 nitrogen and oxygen atoms in total. The molecule has 0 radical (unpaired) electrons. The molecule has 2 unspecified atom stereocenters. The number of carbonyl (C=O) groups is 4. The zero-order chi connectivity index (χ0) is 69.0. The van der Waals surface area contributed by atoms with Gasteiger partial charge in [0, 0.05) is 25.7 Å². The smallest absolute Gasteiger partial charge is 0.462 e. The fraction of sp³-hybridized carbons (Fsp3) is 0.947. The van der Waals surface area contributed by atoms with E-state index < -0.39 is 97.5 Å². The van der Waals surface area contributed by atoms with Gasteiger partial charge in [0.1, 0.15) is 19.3 Å². The lowest BCUT2D eigenvalue weighted by Crippen LogP contribution is -2.30.